The van der Waals surface area contributed by atoms with E-state index in [4.69, 9.17) is 9.47 Å². The molecule has 2 aliphatic heterocycles. The summed E-state index contributed by atoms with van der Waals surface area (Å²) in [6.45, 7) is 3.26. The number of ether oxygens (including phenoxy) is 2. The van der Waals surface area contributed by atoms with Crippen molar-refractivity contribution in [2.45, 2.75) is 38.5 Å². The second-order valence-electron chi connectivity index (χ2n) is 9.85. The molecular weight excluding hydrogens is 435 g/mol. The number of alkyl halides is 3. The van der Waals surface area contributed by atoms with Crippen LogP contribution in [0.2, 0.25) is 0 Å². The van der Waals surface area contributed by atoms with Crippen LogP contribution in [0.5, 0.6) is 5.75 Å². The van der Waals surface area contributed by atoms with E-state index in [-0.39, 0.29) is 17.9 Å². The molecule has 180 valence electrons. The minimum absolute atomic E-state index is 0.0402. The molecule has 3 fully saturated rings. The molecule has 2 aromatic rings. The van der Waals surface area contributed by atoms with Crippen molar-refractivity contribution in [3.8, 4) is 5.75 Å². The van der Waals surface area contributed by atoms with E-state index in [1.807, 2.05) is 25.1 Å². The number of hydrogen-bond acceptors (Lipinski definition) is 4. The molecule has 0 radical (unpaired) electrons. The minimum Gasteiger partial charge on any atom is -0.494 e. The molecule has 5 atom stereocenters. The highest BCUT2D eigenvalue weighted by Crippen LogP contribution is 2.43. The van der Waals surface area contributed by atoms with Gasteiger partial charge in [0.15, 0.2) is 0 Å². The molecule has 1 amide bonds. The van der Waals surface area contributed by atoms with Gasteiger partial charge in [0.2, 0.25) is 5.91 Å². The van der Waals surface area contributed by atoms with Gasteiger partial charge >= 0.3 is 6.18 Å². The van der Waals surface area contributed by atoms with Crippen molar-refractivity contribution in [2.75, 3.05) is 38.2 Å². The van der Waals surface area contributed by atoms with Crippen molar-refractivity contribution in [1.29, 1.82) is 0 Å². The number of fused-ring (bicyclic) bond motifs is 2. The molecule has 3 aliphatic rings. The first-order chi connectivity index (χ1) is 15.7. The van der Waals surface area contributed by atoms with Crippen LogP contribution in [0, 0.1) is 23.7 Å². The van der Waals surface area contributed by atoms with Gasteiger partial charge in [-0.05, 0) is 62.1 Å². The van der Waals surface area contributed by atoms with E-state index in [0.29, 0.717) is 44.1 Å². The number of benzene rings is 1. The maximum atomic E-state index is 12.6. The number of anilines is 1. The molecule has 6 nitrogen and oxygen atoms in total. The van der Waals surface area contributed by atoms with Gasteiger partial charge in [0.1, 0.15) is 5.75 Å². The molecule has 0 bridgehead atoms. The third-order valence-corrected chi connectivity index (χ3v) is 7.48. The highest BCUT2D eigenvalue weighted by molar-refractivity contribution is 6.03. The quantitative estimate of drug-likeness (QED) is 0.635. The first kappa shape index (κ1) is 22.5. The van der Waals surface area contributed by atoms with Gasteiger partial charge in [-0.2, -0.15) is 13.2 Å². The van der Waals surface area contributed by atoms with Gasteiger partial charge < -0.3 is 19.8 Å². The van der Waals surface area contributed by atoms with Gasteiger partial charge in [0.05, 0.1) is 37.5 Å². The number of aromatic amines is 1. The van der Waals surface area contributed by atoms with E-state index in [1.165, 1.54) is 0 Å². The molecule has 1 unspecified atom stereocenters. The van der Waals surface area contributed by atoms with Crippen LogP contribution in [-0.2, 0) is 9.53 Å². The summed E-state index contributed by atoms with van der Waals surface area (Å²) in [5.74, 6) is 1.84. The van der Waals surface area contributed by atoms with Crippen LogP contribution in [0.3, 0.4) is 0 Å². The van der Waals surface area contributed by atoms with Crippen molar-refractivity contribution in [3.63, 3.8) is 0 Å². The maximum Gasteiger partial charge on any atom is 0.401 e. The van der Waals surface area contributed by atoms with Crippen LogP contribution in [0.25, 0.3) is 10.9 Å². The predicted octanol–water partition coefficient (Wildman–Crippen LogP) is 4.43. The van der Waals surface area contributed by atoms with Gasteiger partial charge in [-0.15, -0.1) is 0 Å². The summed E-state index contributed by atoms with van der Waals surface area (Å²) in [6.07, 6.45) is 0.490. The number of likely N-dealkylation sites (tertiary alicyclic amines) is 1. The summed E-state index contributed by atoms with van der Waals surface area (Å²) in [7, 11) is 0. The van der Waals surface area contributed by atoms with Crippen LogP contribution >= 0.6 is 0 Å². The van der Waals surface area contributed by atoms with E-state index < -0.39 is 12.7 Å². The average molecular weight is 466 g/mol. The van der Waals surface area contributed by atoms with Crippen molar-refractivity contribution < 1.29 is 27.4 Å². The molecule has 33 heavy (non-hydrogen) atoms. The second kappa shape index (κ2) is 8.83. The first-order valence-electron chi connectivity index (χ1n) is 11.7. The zero-order valence-corrected chi connectivity index (χ0v) is 18.7. The molecule has 0 spiro atoms. The minimum atomic E-state index is -4.11. The summed E-state index contributed by atoms with van der Waals surface area (Å²) in [4.78, 5) is 17.2. The van der Waals surface area contributed by atoms with Crippen molar-refractivity contribution in [1.82, 2.24) is 9.88 Å². The van der Waals surface area contributed by atoms with Gasteiger partial charge in [-0.3, -0.25) is 9.69 Å². The number of aromatic nitrogens is 1. The number of carbonyl (C=O) groups is 1. The van der Waals surface area contributed by atoms with E-state index in [9.17, 15) is 18.0 Å². The van der Waals surface area contributed by atoms with Crippen LogP contribution in [0.15, 0.2) is 24.4 Å². The second-order valence-corrected chi connectivity index (χ2v) is 9.85. The van der Waals surface area contributed by atoms with Gasteiger partial charge in [0.25, 0.3) is 0 Å². The first-order valence-corrected chi connectivity index (χ1v) is 11.7. The summed E-state index contributed by atoms with van der Waals surface area (Å²) in [6, 6.07) is 5.77. The fraction of sp³-hybridized carbons (Fsp3) is 0.625. The molecule has 1 saturated carbocycles. The number of halogens is 3. The zero-order chi connectivity index (χ0) is 23.2. The molecule has 2 saturated heterocycles. The van der Waals surface area contributed by atoms with Gasteiger partial charge in [-0.25, -0.2) is 0 Å². The molecule has 1 aliphatic carbocycles. The third kappa shape index (κ3) is 4.99. The SMILES string of the molecule is C[C@@H]1OC[C@H]1C(=O)Nc1c[nH]c2ccc(OCCC3C[C@@H]4CN(CC(F)(F)F)C[C@@H]4C3)cc12. The summed E-state index contributed by atoms with van der Waals surface area (Å²) in [5, 5.41) is 3.88. The molecule has 5 rings (SSSR count). The molecular formula is C24H30F3N3O3. The fourth-order valence-electron chi connectivity index (χ4n) is 5.68. The Balaban J connectivity index is 1.11. The smallest absolute Gasteiger partial charge is 0.401 e. The zero-order valence-electron chi connectivity index (χ0n) is 18.7. The fourth-order valence-corrected chi connectivity index (χ4v) is 5.68. The Bertz CT molecular complexity index is 994. The number of hydrogen-bond donors (Lipinski definition) is 2. The standard InChI is InChI=1S/C24H30F3N3O3/c1-14-20(12-33-14)23(31)29-22-9-28-21-3-2-18(8-19(21)22)32-5-4-15-6-16-10-30(11-17(16)7-15)13-24(25,26)27/h2-3,8-9,14-17,20,28H,4-7,10-13H2,1H3,(H,29,31)/t14-,15?,16-,17+,20+/m0/s1. The van der Waals surface area contributed by atoms with Crippen LogP contribution in [-0.4, -0.2) is 60.9 Å². The van der Waals surface area contributed by atoms with Gasteiger partial charge in [-0.1, -0.05) is 0 Å². The Hall–Kier alpha value is -2.26. The lowest BCUT2D eigenvalue weighted by molar-refractivity contribution is -0.147. The Kier molecular flexibility index (Phi) is 6.03. The third-order valence-electron chi connectivity index (χ3n) is 7.48. The number of amides is 1. The molecule has 9 heteroatoms. The largest absolute Gasteiger partial charge is 0.494 e. The van der Waals surface area contributed by atoms with Crippen LogP contribution < -0.4 is 10.1 Å². The van der Waals surface area contributed by atoms with Crippen molar-refractivity contribution >= 4 is 22.5 Å². The van der Waals surface area contributed by atoms with E-state index in [0.717, 1.165) is 41.6 Å². The number of nitrogens with one attached hydrogen (secondary N) is 2. The lowest BCUT2D eigenvalue weighted by atomic mass is 9.98. The molecule has 1 aromatic carbocycles. The highest BCUT2D eigenvalue weighted by Gasteiger charge is 2.43. The van der Waals surface area contributed by atoms with E-state index in [2.05, 4.69) is 10.3 Å². The summed E-state index contributed by atoms with van der Waals surface area (Å²) >= 11 is 0. The lowest BCUT2D eigenvalue weighted by Crippen LogP contribution is -2.45. The van der Waals surface area contributed by atoms with Crippen molar-refractivity contribution in [3.05, 3.63) is 24.4 Å². The Morgan fingerprint density at radius 2 is 2.03 bits per heavy atom. The van der Waals surface area contributed by atoms with E-state index in [1.54, 1.807) is 11.1 Å². The summed E-state index contributed by atoms with van der Waals surface area (Å²) < 4.78 is 49.2. The lowest BCUT2D eigenvalue weighted by Gasteiger charge is -2.32. The highest BCUT2D eigenvalue weighted by atomic mass is 19.4. The normalized spacial score (nSPS) is 29.8. The Morgan fingerprint density at radius 1 is 1.27 bits per heavy atom. The molecule has 2 N–H and O–H groups in total. The monoisotopic (exact) mass is 465 g/mol. The molecule has 1 aromatic heterocycles. The van der Waals surface area contributed by atoms with Crippen LogP contribution in [0.1, 0.15) is 26.2 Å². The van der Waals surface area contributed by atoms with E-state index >= 15 is 0 Å². The predicted molar refractivity (Wildman–Crippen MR) is 118 cm³/mol. The number of carbonyl (C=O) groups excluding carboxylic acids is 1. The topological polar surface area (TPSA) is 66.6 Å². The Labute approximate surface area is 190 Å². The number of rotatable bonds is 7. The Morgan fingerprint density at radius 3 is 2.67 bits per heavy atom. The van der Waals surface area contributed by atoms with Gasteiger partial charge in [0, 0.05) is 30.2 Å². The maximum absolute atomic E-state index is 12.6. The van der Waals surface area contributed by atoms with Crippen LogP contribution in [0.4, 0.5) is 18.9 Å². The number of nitrogens with zero attached hydrogens (tertiary/aromatic N) is 1. The average Bonchev–Trinajstić information content (AvgIpc) is 3.39. The van der Waals surface area contributed by atoms with Crippen molar-refractivity contribution in [2.24, 2.45) is 23.7 Å². The number of H-pyrrole nitrogens is 1. The summed E-state index contributed by atoms with van der Waals surface area (Å²) in [5.41, 5.74) is 1.65. The molecule has 3 heterocycles.